The largest absolute Gasteiger partial charge is 0.395 e. The number of rotatable bonds is 6. The Kier molecular flexibility index (Phi) is 5.66. The predicted molar refractivity (Wildman–Crippen MR) is 68.8 cm³/mol. The third kappa shape index (κ3) is 4.97. The summed E-state index contributed by atoms with van der Waals surface area (Å²) in [5.41, 5.74) is 1.99. The smallest absolute Gasteiger partial charge is 0.221 e. The first-order valence-electron chi connectivity index (χ1n) is 5.85. The summed E-state index contributed by atoms with van der Waals surface area (Å²) in [7, 11) is 0. The summed E-state index contributed by atoms with van der Waals surface area (Å²) in [5.74, 6) is -0.0618. The predicted octanol–water partition coefficient (Wildman–Crippen LogP) is 1.46. The maximum Gasteiger partial charge on any atom is 0.221 e. The zero-order chi connectivity index (χ0) is 12.7. The number of amides is 1. The molecule has 0 atom stereocenters. The van der Waals surface area contributed by atoms with Crippen LogP contribution in [0.4, 0.5) is 5.69 Å². The second kappa shape index (κ2) is 7.04. The molecule has 0 saturated heterocycles. The van der Waals surface area contributed by atoms with E-state index in [0.717, 1.165) is 18.8 Å². The molecule has 0 radical (unpaired) electrons. The number of carbonyl (C=O) groups is 1. The van der Waals surface area contributed by atoms with Gasteiger partial charge < -0.3 is 10.4 Å². The van der Waals surface area contributed by atoms with Crippen LogP contribution in [-0.4, -0.2) is 35.6 Å². The second-order valence-electron chi connectivity index (χ2n) is 3.97. The molecule has 1 rings (SSSR count). The fourth-order valence-electron chi connectivity index (χ4n) is 1.65. The summed E-state index contributed by atoms with van der Waals surface area (Å²) in [4.78, 5) is 13.0. The lowest BCUT2D eigenvalue weighted by Crippen LogP contribution is -2.26. The quantitative estimate of drug-likeness (QED) is 0.786. The molecule has 0 bridgehead atoms. The van der Waals surface area contributed by atoms with Crippen molar-refractivity contribution in [1.29, 1.82) is 0 Å². The molecular weight excluding hydrogens is 216 g/mol. The first kappa shape index (κ1) is 13.7. The number of hydrogen-bond donors (Lipinski definition) is 2. The second-order valence-corrected chi connectivity index (χ2v) is 3.97. The van der Waals surface area contributed by atoms with Crippen LogP contribution in [0.2, 0.25) is 0 Å². The first-order chi connectivity index (χ1) is 8.15. The van der Waals surface area contributed by atoms with E-state index in [0.29, 0.717) is 6.54 Å². The zero-order valence-electron chi connectivity index (χ0n) is 10.4. The Morgan fingerprint density at radius 3 is 2.47 bits per heavy atom. The van der Waals surface area contributed by atoms with Gasteiger partial charge in [-0.05, 0) is 24.2 Å². The lowest BCUT2D eigenvalue weighted by Gasteiger charge is -2.19. The van der Waals surface area contributed by atoms with Crippen molar-refractivity contribution in [3.63, 3.8) is 0 Å². The SMILES string of the molecule is CCN(CCO)Cc1ccc(NC(C)=O)cc1. The number of aliphatic hydroxyl groups excluding tert-OH is 1. The number of anilines is 1. The van der Waals surface area contributed by atoms with Gasteiger partial charge >= 0.3 is 0 Å². The van der Waals surface area contributed by atoms with E-state index in [2.05, 4.69) is 17.1 Å². The van der Waals surface area contributed by atoms with Crippen molar-refractivity contribution < 1.29 is 9.90 Å². The highest BCUT2D eigenvalue weighted by Gasteiger charge is 2.03. The van der Waals surface area contributed by atoms with Gasteiger partial charge in [-0.25, -0.2) is 0 Å². The van der Waals surface area contributed by atoms with E-state index in [-0.39, 0.29) is 12.5 Å². The van der Waals surface area contributed by atoms with Crippen molar-refractivity contribution in [3.05, 3.63) is 29.8 Å². The Morgan fingerprint density at radius 2 is 2.00 bits per heavy atom. The van der Waals surface area contributed by atoms with Gasteiger partial charge in [-0.1, -0.05) is 19.1 Å². The van der Waals surface area contributed by atoms with E-state index in [9.17, 15) is 4.79 Å². The molecule has 0 spiro atoms. The summed E-state index contributed by atoms with van der Waals surface area (Å²) >= 11 is 0. The van der Waals surface area contributed by atoms with E-state index in [1.165, 1.54) is 12.5 Å². The highest BCUT2D eigenvalue weighted by molar-refractivity contribution is 5.88. The van der Waals surface area contributed by atoms with E-state index in [4.69, 9.17) is 5.11 Å². The standard InChI is InChI=1S/C13H20N2O2/c1-3-15(8-9-16)10-12-4-6-13(7-5-12)14-11(2)17/h4-7,16H,3,8-10H2,1-2H3,(H,14,17). The van der Waals surface area contributed by atoms with E-state index < -0.39 is 0 Å². The first-order valence-corrected chi connectivity index (χ1v) is 5.85. The number of hydrogen-bond acceptors (Lipinski definition) is 3. The number of benzene rings is 1. The lowest BCUT2D eigenvalue weighted by molar-refractivity contribution is -0.114. The molecule has 1 aromatic carbocycles. The van der Waals surface area contributed by atoms with Crippen LogP contribution < -0.4 is 5.32 Å². The average Bonchev–Trinajstić information content (AvgIpc) is 2.30. The molecule has 0 heterocycles. The Balaban J connectivity index is 2.57. The van der Waals surface area contributed by atoms with Crippen LogP contribution in [0.1, 0.15) is 19.4 Å². The molecule has 17 heavy (non-hydrogen) atoms. The molecule has 94 valence electrons. The van der Waals surface area contributed by atoms with Crippen LogP contribution in [0.15, 0.2) is 24.3 Å². The molecule has 0 fully saturated rings. The molecule has 2 N–H and O–H groups in total. The monoisotopic (exact) mass is 236 g/mol. The molecule has 0 aliphatic rings. The maximum atomic E-state index is 10.9. The zero-order valence-corrected chi connectivity index (χ0v) is 10.4. The Labute approximate surface area is 102 Å². The van der Waals surface area contributed by atoms with Gasteiger partial charge in [0.25, 0.3) is 0 Å². The maximum absolute atomic E-state index is 10.9. The van der Waals surface area contributed by atoms with Crippen molar-refractivity contribution in [1.82, 2.24) is 4.90 Å². The highest BCUT2D eigenvalue weighted by Crippen LogP contribution is 2.11. The lowest BCUT2D eigenvalue weighted by atomic mass is 10.2. The Hall–Kier alpha value is -1.39. The van der Waals surface area contributed by atoms with Crippen molar-refractivity contribution in [2.75, 3.05) is 25.0 Å². The van der Waals surface area contributed by atoms with Gasteiger partial charge in [-0.15, -0.1) is 0 Å². The number of aliphatic hydroxyl groups is 1. The van der Waals surface area contributed by atoms with Crippen LogP contribution in [0.25, 0.3) is 0 Å². The van der Waals surface area contributed by atoms with Crippen LogP contribution >= 0.6 is 0 Å². The number of carbonyl (C=O) groups excluding carboxylic acids is 1. The van der Waals surface area contributed by atoms with Gasteiger partial charge in [0.05, 0.1) is 6.61 Å². The van der Waals surface area contributed by atoms with Crippen LogP contribution in [0, 0.1) is 0 Å². The molecular formula is C13H20N2O2. The van der Waals surface area contributed by atoms with Crippen LogP contribution in [0.3, 0.4) is 0 Å². The minimum atomic E-state index is -0.0618. The van der Waals surface area contributed by atoms with Crippen molar-refractivity contribution in [3.8, 4) is 0 Å². The fourth-order valence-corrected chi connectivity index (χ4v) is 1.65. The molecule has 4 heteroatoms. The number of likely N-dealkylation sites (N-methyl/N-ethyl adjacent to an activating group) is 1. The van der Waals surface area contributed by atoms with Gasteiger partial charge in [0, 0.05) is 25.7 Å². The fraction of sp³-hybridized carbons (Fsp3) is 0.462. The van der Waals surface area contributed by atoms with Gasteiger partial charge in [0.2, 0.25) is 5.91 Å². The molecule has 1 amide bonds. The molecule has 0 aliphatic heterocycles. The molecule has 4 nitrogen and oxygen atoms in total. The van der Waals surface area contributed by atoms with Crippen molar-refractivity contribution in [2.45, 2.75) is 20.4 Å². The van der Waals surface area contributed by atoms with Gasteiger partial charge in [0.15, 0.2) is 0 Å². The summed E-state index contributed by atoms with van der Waals surface area (Å²) in [6.07, 6.45) is 0. The van der Waals surface area contributed by atoms with Crippen LogP contribution in [-0.2, 0) is 11.3 Å². The van der Waals surface area contributed by atoms with Crippen LogP contribution in [0.5, 0.6) is 0 Å². The summed E-state index contributed by atoms with van der Waals surface area (Å²) < 4.78 is 0. The van der Waals surface area contributed by atoms with Crippen molar-refractivity contribution >= 4 is 11.6 Å². The minimum absolute atomic E-state index is 0.0618. The molecule has 0 saturated carbocycles. The molecule has 0 aromatic heterocycles. The third-order valence-electron chi connectivity index (χ3n) is 2.54. The minimum Gasteiger partial charge on any atom is -0.395 e. The van der Waals surface area contributed by atoms with E-state index in [1.54, 1.807) is 0 Å². The van der Waals surface area contributed by atoms with Gasteiger partial charge in [-0.2, -0.15) is 0 Å². The van der Waals surface area contributed by atoms with Crippen molar-refractivity contribution in [2.24, 2.45) is 0 Å². The van der Waals surface area contributed by atoms with Gasteiger partial charge in [0.1, 0.15) is 0 Å². The highest BCUT2D eigenvalue weighted by atomic mass is 16.3. The average molecular weight is 236 g/mol. The normalized spacial score (nSPS) is 10.6. The summed E-state index contributed by atoms with van der Waals surface area (Å²) in [5, 5.41) is 11.6. The Morgan fingerprint density at radius 1 is 1.35 bits per heavy atom. The van der Waals surface area contributed by atoms with Gasteiger partial charge in [-0.3, -0.25) is 9.69 Å². The Bertz CT molecular complexity index is 349. The number of nitrogens with zero attached hydrogens (tertiary/aromatic N) is 1. The topological polar surface area (TPSA) is 52.6 Å². The molecule has 0 unspecified atom stereocenters. The van der Waals surface area contributed by atoms with E-state index >= 15 is 0 Å². The number of nitrogens with one attached hydrogen (secondary N) is 1. The third-order valence-corrected chi connectivity index (χ3v) is 2.54. The summed E-state index contributed by atoms with van der Waals surface area (Å²) in [6, 6.07) is 7.77. The molecule has 0 aliphatic carbocycles. The molecule has 1 aromatic rings. The van der Waals surface area contributed by atoms with E-state index in [1.807, 2.05) is 24.3 Å². The summed E-state index contributed by atoms with van der Waals surface area (Å²) in [6.45, 7) is 6.16.